The van der Waals surface area contributed by atoms with E-state index in [0.717, 1.165) is 31.0 Å². The number of ether oxygens (including phenoxy) is 2. The number of hydrogen-bond acceptors (Lipinski definition) is 2. The van der Waals surface area contributed by atoms with Crippen molar-refractivity contribution in [1.82, 2.24) is 0 Å². The van der Waals surface area contributed by atoms with E-state index in [0.29, 0.717) is 12.2 Å². The minimum atomic E-state index is -4.99. The maximum Gasteiger partial charge on any atom is 0.343 e. The van der Waals surface area contributed by atoms with Crippen molar-refractivity contribution in [2.45, 2.75) is 58.5 Å². The van der Waals surface area contributed by atoms with Gasteiger partial charge in [-0.1, -0.05) is 38.5 Å². The number of alkyl halides is 4. The SMILES string of the molecule is CCCC1(C)C=CC(OCc2ccc3c(c2F)C(F)(F)C(F)(F)c2c-3ccc(OCC)c2F)=CC1. The first-order valence-electron chi connectivity index (χ1n) is 11.5. The summed E-state index contributed by atoms with van der Waals surface area (Å²) >= 11 is 0. The van der Waals surface area contributed by atoms with E-state index < -0.39 is 58.1 Å². The van der Waals surface area contributed by atoms with E-state index in [9.17, 15) is 13.2 Å². The van der Waals surface area contributed by atoms with E-state index >= 15 is 13.2 Å². The molecule has 2 aliphatic rings. The highest BCUT2D eigenvalue weighted by Gasteiger charge is 2.65. The van der Waals surface area contributed by atoms with E-state index in [1.165, 1.54) is 13.0 Å². The van der Waals surface area contributed by atoms with Crippen molar-refractivity contribution in [3.8, 4) is 16.9 Å². The Hall–Kier alpha value is -2.90. The molecule has 0 saturated carbocycles. The normalized spacial score (nSPS) is 21.7. The molecule has 35 heavy (non-hydrogen) atoms. The molecule has 0 saturated heterocycles. The first-order valence-corrected chi connectivity index (χ1v) is 11.5. The average Bonchev–Trinajstić information content (AvgIpc) is 2.79. The van der Waals surface area contributed by atoms with E-state index in [1.807, 2.05) is 12.2 Å². The molecular formula is C27H26F6O2. The van der Waals surface area contributed by atoms with Crippen molar-refractivity contribution in [3.05, 3.63) is 76.6 Å². The molecule has 4 rings (SSSR count). The lowest BCUT2D eigenvalue weighted by atomic mass is 9.79. The summed E-state index contributed by atoms with van der Waals surface area (Å²) in [6.07, 6.45) is 8.26. The Kier molecular flexibility index (Phi) is 6.45. The fourth-order valence-electron chi connectivity index (χ4n) is 4.71. The third-order valence-electron chi connectivity index (χ3n) is 6.58. The lowest BCUT2D eigenvalue weighted by Gasteiger charge is -2.35. The minimum Gasteiger partial charge on any atom is -0.491 e. The fraction of sp³-hybridized carbons (Fsp3) is 0.407. The van der Waals surface area contributed by atoms with Gasteiger partial charge in [0.05, 0.1) is 17.7 Å². The smallest absolute Gasteiger partial charge is 0.343 e. The molecule has 0 spiro atoms. The predicted molar refractivity (Wildman–Crippen MR) is 120 cm³/mol. The maximum absolute atomic E-state index is 15.3. The molecule has 8 heteroatoms. The van der Waals surface area contributed by atoms with Crippen molar-refractivity contribution in [2.75, 3.05) is 6.61 Å². The zero-order chi connectivity index (χ0) is 25.6. The summed E-state index contributed by atoms with van der Waals surface area (Å²) in [5.74, 6) is -13.2. The molecule has 2 aromatic carbocycles. The minimum absolute atomic E-state index is 0.0168. The van der Waals surface area contributed by atoms with E-state index in [4.69, 9.17) is 9.47 Å². The Bertz CT molecular complexity index is 1200. The zero-order valence-electron chi connectivity index (χ0n) is 19.7. The van der Waals surface area contributed by atoms with Crippen LogP contribution in [0.4, 0.5) is 26.3 Å². The van der Waals surface area contributed by atoms with Crippen LogP contribution in [-0.4, -0.2) is 6.61 Å². The summed E-state index contributed by atoms with van der Waals surface area (Å²) < 4.78 is 101. The Morgan fingerprint density at radius 1 is 0.857 bits per heavy atom. The molecule has 0 bridgehead atoms. The molecule has 0 heterocycles. The number of halogens is 6. The molecule has 188 valence electrons. The summed E-state index contributed by atoms with van der Waals surface area (Å²) in [6.45, 7) is 5.21. The number of allylic oxidation sites excluding steroid dienone is 3. The van der Waals surface area contributed by atoms with Gasteiger partial charge in [-0.3, -0.25) is 0 Å². The summed E-state index contributed by atoms with van der Waals surface area (Å²) in [6, 6.07) is 4.42. The van der Waals surface area contributed by atoms with Gasteiger partial charge in [0.2, 0.25) is 0 Å². The van der Waals surface area contributed by atoms with Crippen LogP contribution in [0.3, 0.4) is 0 Å². The predicted octanol–water partition coefficient (Wildman–Crippen LogP) is 8.39. The third kappa shape index (κ3) is 4.10. The van der Waals surface area contributed by atoms with Gasteiger partial charge in [0.25, 0.3) is 0 Å². The molecule has 0 N–H and O–H groups in total. The van der Waals surface area contributed by atoms with Crippen LogP contribution in [0.5, 0.6) is 5.75 Å². The molecule has 2 nitrogen and oxygen atoms in total. The third-order valence-corrected chi connectivity index (χ3v) is 6.58. The molecule has 0 aliphatic heterocycles. The first-order chi connectivity index (χ1) is 16.5. The van der Waals surface area contributed by atoms with Crippen molar-refractivity contribution in [3.63, 3.8) is 0 Å². The largest absolute Gasteiger partial charge is 0.491 e. The van der Waals surface area contributed by atoms with Crippen LogP contribution in [0.2, 0.25) is 0 Å². The Morgan fingerprint density at radius 3 is 2.06 bits per heavy atom. The van der Waals surface area contributed by atoms with Gasteiger partial charge >= 0.3 is 11.8 Å². The second kappa shape index (κ2) is 8.95. The van der Waals surface area contributed by atoms with Crippen molar-refractivity contribution >= 4 is 0 Å². The summed E-state index contributed by atoms with van der Waals surface area (Å²) in [7, 11) is 0. The molecule has 0 amide bonds. The highest BCUT2D eigenvalue weighted by atomic mass is 19.3. The van der Waals surface area contributed by atoms with Gasteiger partial charge in [-0.25, -0.2) is 8.78 Å². The topological polar surface area (TPSA) is 18.5 Å². The summed E-state index contributed by atoms with van der Waals surface area (Å²) in [4.78, 5) is 0. The lowest BCUT2D eigenvalue weighted by Crippen LogP contribution is -2.41. The number of fused-ring (bicyclic) bond motifs is 3. The van der Waals surface area contributed by atoms with Gasteiger partial charge < -0.3 is 9.47 Å². The molecule has 2 aliphatic carbocycles. The monoisotopic (exact) mass is 496 g/mol. The van der Waals surface area contributed by atoms with Gasteiger partial charge in [0.15, 0.2) is 11.6 Å². The van der Waals surface area contributed by atoms with Crippen LogP contribution >= 0.6 is 0 Å². The molecule has 0 radical (unpaired) electrons. The molecule has 1 unspecified atom stereocenters. The van der Waals surface area contributed by atoms with Gasteiger partial charge in [-0.05, 0) is 60.6 Å². The van der Waals surface area contributed by atoms with Crippen LogP contribution < -0.4 is 4.74 Å². The second-order valence-electron chi connectivity index (χ2n) is 9.18. The molecular weight excluding hydrogens is 470 g/mol. The van der Waals surface area contributed by atoms with Crippen LogP contribution in [0.25, 0.3) is 11.1 Å². The fourth-order valence-corrected chi connectivity index (χ4v) is 4.71. The molecule has 2 aromatic rings. The first kappa shape index (κ1) is 25.2. The van der Waals surface area contributed by atoms with Crippen LogP contribution in [-0.2, 0) is 23.2 Å². The zero-order valence-corrected chi connectivity index (χ0v) is 19.7. The van der Waals surface area contributed by atoms with Crippen LogP contribution in [0, 0.1) is 17.0 Å². The second-order valence-corrected chi connectivity index (χ2v) is 9.18. The molecule has 0 fully saturated rings. The van der Waals surface area contributed by atoms with Crippen molar-refractivity contribution < 1.29 is 35.8 Å². The van der Waals surface area contributed by atoms with E-state index in [-0.39, 0.29) is 17.6 Å². The van der Waals surface area contributed by atoms with Crippen molar-refractivity contribution in [2.24, 2.45) is 5.41 Å². The number of hydrogen-bond donors (Lipinski definition) is 0. The quantitative estimate of drug-likeness (QED) is 0.359. The average molecular weight is 496 g/mol. The van der Waals surface area contributed by atoms with Gasteiger partial charge in [0, 0.05) is 5.56 Å². The standard InChI is InChI=1S/C27H26F6O2/c1-4-12-25(3)13-10-17(11-14-25)35-15-16-6-7-18-19-8-9-20(34-5-2)24(29)22(19)27(32,33)26(30,31)21(18)23(16)28/h6-11,13H,4-5,12,14-15H2,1-3H3. The molecule has 1 atom stereocenters. The van der Waals surface area contributed by atoms with Gasteiger partial charge in [-0.15, -0.1) is 0 Å². The van der Waals surface area contributed by atoms with E-state index in [2.05, 4.69) is 13.8 Å². The highest BCUT2D eigenvalue weighted by molar-refractivity contribution is 5.77. The Morgan fingerprint density at radius 2 is 1.49 bits per heavy atom. The Labute approximate surface area is 200 Å². The van der Waals surface area contributed by atoms with Crippen LogP contribution in [0.1, 0.15) is 56.7 Å². The van der Waals surface area contributed by atoms with Gasteiger partial charge in [-0.2, -0.15) is 17.6 Å². The maximum atomic E-state index is 15.3. The Balaban J connectivity index is 1.70. The van der Waals surface area contributed by atoms with E-state index in [1.54, 1.807) is 6.08 Å². The van der Waals surface area contributed by atoms with Crippen molar-refractivity contribution in [1.29, 1.82) is 0 Å². The van der Waals surface area contributed by atoms with Crippen LogP contribution in [0.15, 0.2) is 48.3 Å². The number of benzene rings is 2. The summed E-state index contributed by atoms with van der Waals surface area (Å²) in [5, 5.41) is 0. The highest BCUT2D eigenvalue weighted by Crippen LogP contribution is 2.60. The summed E-state index contributed by atoms with van der Waals surface area (Å²) in [5.41, 5.74) is -4.29. The van der Waals surface area contributed by atoms with Gasteiger partial charge in [0.1, 0.15) is 18.2 Å². The lowest BCUT2D eigenvalue weighted by molar-refractivity contribution is -0.228. The number of rotatable bonds is 7. The molecule has 0 aromatic heterocycles.